The first-order chi connectivity index (χ1) is 12.3. The van der Waals surface area contributed by atoms with Crippen LogP contribution in [0.1, 0.15) is 33.6 Å². The fourth-order valence-corrected chi connectivity index (χ4v) is 2.83. The van der Waals surface area contributed by atoms with Gasteiger partial charge >= 0.3 is 6.09 Å². The van der Waals surface area contributed by atoms with E-state index in [1.807, 2.05) is 26.8 Å². The number of hydroxylamine groups is 2. The Morgan fingerprint density at radius 2 is 1.77 bits per heavy atom. The van der Waals surface area contributed by atoms with Crippen LogP contribution in [0.4, 0.5) is 4.79 Å². The Balaban J connectivity index is 1.86. The Labute approximate surface area is 153 Å². The van der Waals surface area contributed by atoms with Crippen LogP contribution in [0.25, 0.3) is 0 Å². The highest BCUT2D eigenvalue weighted by Gasteiger charge is 2.34. The van der Waals surface area contributed by atoms with Crippen LogP contribution in [0.15, 0.2) is 16.8 Å². The molecule has 0 aromatic carbocycles. The largest absolute Gasteiger partial charge is 0.434 e. The van der Waals surface area contributed by atoms with E-state index in [-0.39, 0.29) is 18.9 Å². The van der Waals surface area contributed by atoms with Crippen molar-refractivity contribution < 1.29 is 19.2 Å². The van der Waals surface area contributed by atoms with Crippen molar-refractivity contribution in [2.75, 3.05) is 32.7 Å². The Hall–Kier alpha value is -2.42. The van der Waals surface area contributed by atoms with E-state index in [2.05, 4.69) is 9.89 Å². The van der Waals surface area contributed by atoms with Gasteiger partial charge in [-0.2, -0.15) is 0 Å². The van der Waals surface area contributed by atoms with Gasteiger partial charge in [0.15, 0.2) is 0 Å². The van der Waals surface area contributed by atoms with Crippen LogP contribution >= 0.6 is 0 Å². The van der Waals surface area contributed by atoms with E-state index in [0.29, 0.717) is 43.5 Å². The van der Waals surface area contributed by atoms with Crippen molar-refractivity contribution in [3.63, 3.8) is 0 Å². The fraction of sp³-hybridized carbons (Fsp3) is 0.647. The van der Waals surface area contributed by atoms with Crippen LogP contribution in [0.5, 0.6) is 0 Å². The molecule has 2 aliphatic rings. The third-order valence-electron chi connectivity index (χ3n) is 4.01. The van der Waals surface area contributed by atoms with Gasteiger partial charge in [0.2, 0.25) is 0 Å². The van der Waals surface area contributed by atoms with Gasteiger partial charge in [0.25, 0.3) is 11.8 Å². The predicted octanol–water partition coefficient (Wildman–Crippen LogP) is 0.517. The molecule has 3 amide bonds. The summed E-state index contributed by atoms with van der Waals surface area (Å²) < 4.78 is 0. The van der Waals surface area contributed by atoms with Crippen LogP contribution in [-0.4, -0.2) is 77.2 Å². The van der Waals surface area contributed by atoms with Gasteiger partial charge in [-0.3, -0.25) is 19.5 Å². The quantitative estimate of drug-likeness (QED) is 0.562. The molecule has 144 valence electrons. The third kappa shape index (κ3) is 5.55. The number of imide groups is 1. The maximum Gasteiger partial charge on any atom is 0.434 e. The Kier molecular flexibility index (Phi) is 6.73. The molecule has 9 nitrogen and oxygen atoms in total. The van der Waals surface area contributed by atoms with Crippen LogP contribution < -0.4 is 5.73 Å². The fourth-order valence-electron chi connectivity index (χ4n) is 2.83. The molecule has 0 bridgehead atoms. The van der Waals surface area contributed by atoms with Gasteiger partial charge in [-0.25, -0.2) is 4.79 Å². The summed E-state index contributed by atoms with van der Waals surface area (Å²) in [6.45, 7) is 8.69. The van der Waals surface area contributed by atoms with Gasteiger partial charge in [-0.1, -0.05) is 0 Å². The lowest BCUT2D eigenvalue weighted by Gasteiger charge is -2.34. The average Bonchev–Trinajstić information content (AvgIpc) is 2.86. The zero-order valence-corrected chi connectivity index (χ0v) is 15.6. The molecule has 2 heterocycles. The second-order valence-electron chi connectivity index (χ2n) is 6.80. The molecule has 0 aromatic rings. The summed E-state index contributed by atoms with van der Waals surface area (Å²) in [6.07, 6.45) is 1.38. The number of nitrogens with zero attached hydrogens (tertiary/aromatic N) is 4. The number of piperazine rings is 1. The lowest BCUT2D eigenvalue weighted by atomic mass is 10.2. The highest BCUT2D eigenvalue weighted by Crippen LogP contribution is 2.14. The molecular formula is C17H27N5O4. The first kappa shape index (κ1) is 19.9. The summed E-state index contributed by atoms with van der Waals surface area (Å²) in [4.78, 5) is 48.4. The molecular weight excluding hydrogens is 338 g/mol. The highest BCUT2D eigenvalue weighted by molar-refractivity contribution is 6.01. The Bertz CT molecular complexity index is 601. The number of nitrogens with two attached hydrogens (primary N) is 1. The first-order valence-electron chi connectivity index (χ1n) is 8.81. The normalized spacial score (nSPS) is 20.3. The van der Waals surface area contributed by atoms with E-state index in [1.54, 1.807) is 0 Å². The van der Waals surface area contributed by atoms with E-state index in [1.165, 1.54) is 4.90 Å². The minimum atomic E-state index is -0.665. The molecule has 2 saturated heterocycles. The second kappa shape index (κ2) is 8.79. The molecule has 0 aromatic heterocycles. The summed E-state index contributed by atoms with van der Waals surface area (Å²) in [5, 5.41) is 0.580. The number of aliphatic imine (C=N–C) groups is 1. The summed E-state index contributed by atoms with van der Waals surface area (Å²) in [5.74, 6) is -0.944. The number of hydrogen-bond donors (Lipinski definition) is 1. The Morgan fingerprint density at radius 3 is 2.27 bits per heavy atom. The summed E-state index contributed by atoms with van der Waals surface area (Å²) in [5.41, 5.74) is 7.38. The van der Waals surface area contributed by atoms with Crippen LogP contribution in [0.3, 0.4) is 0 Å². The lowest BCUT2D eigenvalue weighted by molar-refractivity contribution is -0.174. The van der Waals surface area contributed by atoms with Gasteiger partial charge in [-0.05, 0) is 26.8 Å². The van der Waals surface area contributed by atoms with E-state index in [9.17, 15) is 14.4 Å². The standard InChI is InChI=1S/C17H27N5O4/c1-12(2)19-14(10-13(3)18)11-20-6-8-21(9-7-20)17(25)26-22-15(23)4-5-16(22)24/h10,12H,4-9,11,18H2,1-3H3/b13-10-,19-14?. The van der Waals surface area contributed by atoms with Crippen molar-refractivity contribution in [2.24, 2.45) is 10.7 Å². The molecule has 2 N–H and O–H groups in total. The molecule has 0 spiro atoms. The topological polar surface area (TPSA) is 109 Å². The molecule has 9 heteroatoms. The minimum Gasteiger partial charge on any atom is -0.402 e. The number of allylic oxidation sites excluding steroid dienone is 1. The molecule has 0 radical (unpaired) electrons. The van der Waals surface area contributed by atoms with Gasteiger partial charge in [0.1, 0.15) is 0 Å². The van der Waals surface area contributed by atoms with E-state index in [0.717, 1.165) is 5.71 Å². The van der Waals surface area contributed by atoms with Crippen molar-refractivity contribution in [3.8, 4) is 0 Å². The molecule has 0 saturated carbocycles. The number of carbonyl (C=O) groups excluding carboxylic acids is 3. The predicted molar refractivity (Wildman–Crippen MR) is 96.1 cm³/mol. The molecule has 0 aliphatic carbocycles. The van der Waals surface area contributed by atoms with Gasteiger partial charge in [0.05, 0.1) is 5.71 Å². The second-order valence-corrected chi connectivity index (χ2v) is 6.80. The molecule has 2 fully saturated rings. The van der Waals surface area contributed by atoms with Crippen molar-refractivity contribution in [1.29, 1.82) is 0 Å². The smallest absolute Gasteiger partial charge is 0.402 e. The molecule has 0 unspecified atom stereocenters. The number of amides is 3. The van der Waals surface area contributed by atoms with Crippen molar-refractivity contribution in [3.05, 3.63) is 11.8 Å². The number of rotatable bonds is 5. The monoisotopic (exact) mass is 365 g/mol. The maximum absolute atomic E-state index is 12.2. The van der Waals surface area contributed by atoms with Crippen molar-refractivity contribution in [2.45, 2.75) is 39.7 Å². The molecule has 26 heavy (non-hydrogen) atoms. The summed E-state index contributed by atoms with van der Waals surface area (Å²) in [7, 11) is 0. The minimum absolute atomic E-state index is 0.0892. The number of carbonyl (C=O) groups is 3. The zero-order chi connectivity index (χ0) is 19.3. The summed E-state index contributed by atoms with van der Waals surface area (Å²) in [6, 6.07) is 0.174. The van der Waals surface area contributed by atoms with E-state index in [4.69, 9.17) is 10.6 Å². The van der Waals surface area contributed by atoms with E-state index < -0.39 is 17.9 Å². The van der Waals surface area contributed by atoms with Gasteiger partial charge < -0.3 is 15.5 Å². The van der Waals surface area contributed by atoms with Gasteiger partial charge in [0, 0.05) is 57.3 Å². The lowest BCUT2D eigenvalue weighted by Crippen LogP contribution is -2.51. The molecule has 0 atom stereocenters. The van der Waals surface area contributed by atoms with Crippen LogP contribution in [0.2, 0.25) is 0 Å². The first-order valence-corrected chi connectivity index (χ1v) is 8.81. The van der Waals surface area contributed by atoms with Crippen LogP contribution in [-0.2, 0) is 14.4 Å². The Morgan fingerprint density at radius 1 is 1.19 bits per heavy atom. The summed E-state index contributed by atoms with van der Waals surface area (Å²) >= 11 is 0. The van der Waals surface area contributed by atoms with Crippen molar-refractivity contribution in [1.82, 2.24) is 14.9 Å². The third-order valence-corrected chi connectivity index (χ3v) is 4.01. The van der Waals surface area contributed by atoms with Crippen molar-refractivity contribution >= 4 is 23.6 Å². The van der Waals surface area contributed by atoms with Gasteiger partial charge in [-0.15, -0.1) is 5.06 Å². The number of hydrogen-bond acceptors (Lipinski definition) is 7. The highest BCUT2D eigenvalue weighted by atomic mass is 16.7. The molecule has 2 rings (SSSR count). The molecule has 2 aliphatic heterocycles. The van der Waals surface area contributed by atoms with E-state index >= 15 is 0 Å². The average molecular weight is 365 g/mol. The SMILES string of the molecule is C/C(N)=C/C(CN1CCN(C(=O)ON2C(=O)CCC2=O)CC1)=NC(C)C. The zero-order valence-electron chi connectivity index (χ0n) is 15.6. The maximum atomic E-state index is 12.2. The van der Waals surface area contributed by atoms with Crippen LogP contribution in [0, 0.1) is 0 Å².